The maximum absolute atomic E-state index is 5.96. The second-order valence-corrected chi connectivity index (χ2v) is 2.74. The van der Waals surface area contributed by atoms with E-state index in [0.717, 1.165) is 11.3 Å². The third-order valence-electron chi connectivity index (χ3n) is 1.62. The second kappa shape index (κ2) is 4.17. The maximum atomic E-state index is 5.96. The highest BCUT2D eigenvalue weighted by Crippen LogP contribution is 2.23. The van der Waals surface area contributed by atoms with Gasteiger partial charge < -0.3 is 4.74 Å². The van der Waals surface area contributed by atoms with E-state index in [1.807, 2.05) is 37.3 Å². The van der Waals surface area contributed by atoms with Crippen LogP contribution in [0.25, 0.3) is 5.76 Å². The van der Waals surface area contributed by atoms with Crippen LogP contribution in [0.1, 0.15) is 12.5 Å². The molecule has 64 valence electrons. The lowest BCUT2D eigenvalue weighted by Gasteiger charge is -2.06. The predicted octanol–water partition coefficient (Wildman–Crippen LogP) is 3.35. The molecule has 1 aromatic carbocycles. The molecule has 0 amide bonds. The molecule has 0 unspecified atom stereocenters. The lowest BCUT2D eigenvalue weighted by molar-refractivity contribution is 0.369. The van der Waals surface area contributed by atoms with E-state index in [2.05, 4.69) is 0 Å². The van der Waals surface area contributed by atoms with E-state index in [1.54, 1.807) is 7.11 Å². The van der Waals surface area contributed by atoms with Crippen molar-refractivity contribution in [3.63, 3.8) is 0 Å². The lowest BCUT2D eigenvalue weighted by atomic mass is 10.2. The third kappa shape index (κ3) is 1.80. The van der Waals surface area contributed by atoms with E-state index in [-0.39, 0.29) is 0 Å². The molecule has 0 heterocycles. The molecule has 0 saturated heterocycles. The van der Waals surface area contributed by atoms with Crippen molar-refractivity contribution < 1.29 is 4.74 Å². The van der Waals surface area contributed by atoms with Gasteiger partial charge in [-0.2, -0.15) is 0 Å². The van der Waals surface area contributed by atoms with Gasteiger partial charge in [-0.25, -0.2) is 0 Å². The molecule has 1 rings (SSSR count). The first-order valence-electron chi connectivity index (χ1n) is 3.74. The first-order valence-corrected chi connectivity index (χ1v) is 4.12. The van der Waals surface area contributed by atoms with Gasteiger partial charge in [0.1, 0.15) is 5.76 Å². The Morgan fingerprint density at radius 1 is 1.42 bits per heavy atom. The standard InChI is InChI=1S/C10H11ClO/c1-3-10(12-2)8-6-4-5-7-9(8)11/h3-7H,1-2H3. The Labute approximate surface area is 77.6 Å². The highest BCUT2D eigenvalue weighted by atomic mass is 35.5. The minimum atomic E-state index is 0.715. The molecule has 0 bridgehead atoms. The van der Waals surface area contributed by atoms with Crippen molar-refractivity contribution in [3.8, 4) is 0 Å². The lowest BCUT2D eigenvalue weighted by Crippen LogP contribution is -1.87. The molecule has 12 heavy (non-hydrogen) atoms. The fourth-order valence-corrected chi connectivity index (χ4v) is 1.27. The highest BCUT2D eigenvalue weighted by Gasteiger charge is 2.03. The molecule has 1 nitrogen and oxygen atoms in total. The van der Waals surface area contributed by atoms with Crippen molar-refractivity contribution in [3.05, 3.63) is 40.9 Å². The van der Waals surface area contributed by atoms with Crippen LogP contribution in [0.4, 0.5) is 0 Å². The third-order valence-corrected chi connectivity index (χ3v) is 1.95. The monoisotopic (exact) mass is 182 g/mol. The molecule has 0 saturated carbocycles. The minimum absolute atomic E-state index is 0.715. The van der Waals surface area contributed by atoms with E-state index < -0.39 is 0 Å². The van der Waals surface area contributed by atoms with Gasteiger partial charge >= 0.3 is 0 Å². The van der Waals surface area contributed by atoms with Crippen molar-refractivity contribution >= 4 is 17.4 Å². The number of rotatable bonds is 2. The Bertz CT molecular complexity index is 292. The van der Waals surface area contributed by atoms with E-state index in [0.29, 0.717) is 5.02 Å². The molecular weight excluding hydrogens is 172 g/mol. The van der Waals surface area contributed by atoms with Gasteiger partial charge in [0.05, 0.1) is 12.1 Å². The van der Waals surface area contributed by atoms with E-state index in [4.69, 9.17) is 16.3 Å². The summed E-state index contributed by atoms with van der Waals surface area (Å²) in [6, 6.07) is 7.61. The van der Waals surface area contributed by atoms with Crippen LogP contribution in [0.3, 0.4) is 0 Å². The number of hydrogen-bond acceptors (Lipinski definition) is 1. The van der Waals surface area contributed by atoms with E-state index in [1.165, 1.54) is 0 Å². The van der Waals surface area contributed by atoms with Gasteiger partial charge in [-0.1, -0.05) is 23.7 Å². The van der Waals surface area contributed by atoms with Crippen LogP contribution in [0.5, 0.6) is 0 Å². The second-order valence-electron chi connectivity index (χ2n) is 2.34. The summed E-state index contributed by atoms with van der Waals surface area (Å²) in [7, 11) is 1.64. The number of methoxy groups -OCH3 is 1. The van der Waals surface area contributed by atoms with Crippen molar-refractivity contribution in [2.45, 2.75) is 6.92 Å². The van der Waals surface area contributed by atoms with Crippen LogP contribution >= 0.6 is 11.6 Å². The average Bonchev–Trinajstić information content (AvgIpc) is 2.10. The zero-order valence-electron chi connectivity index (χ0n) is 7.17. The van der Waals surface area contributed by atoms with Crippen LogP contribution in [-0.2, 0) is 4.74 Å². The zero-order chi connectivity index (χ0) is 8.97. The predicted molar refractivity (Wildman–Crippen MR) is 52.1 cm³/mol. The zero-order valence-corrected chi connectivity index (χ0v) is 7.93. The number of benzene rings is 1. The summed E-state index contributed by atoms with van der Waals surface area (Å²) in [5, 5.41) is 0.715. The number of halogens is 1. The fourth-order valence-electron chi connectivity index (χ4n) is 1.04. The molecule has 0 N–H and O–H groups in total. The Kier molecular flexibility index (Phi) is 3.18. The molecule has 0 atom stereocenters. The van der Waals surface area contributed by atoms with Crippen molar-refractivity contribution in [2.24, 2.45) is 0 Å². The van der Waals surface area contributed by atoms with Crippen molar-refractivity contribution in [1.82, 2.24) is 0 Å². The normalized spacial score (nSPS) is 11.4. The van der Waals surface area contributed by atoms with Gasteiger partial charge in [0.2, 0.25) is 0 Å². The average molecular weight is 183 g/mol. The number of hydrogen-bond donors (Lipinski definition) is 0. The molecule has 0 aliphatic carbocycles. The summed E-state index contributed by atoms with van der Waals surface area (Å²) < 4.78 is 5.14. The topological polar surface area (TPSA) is 9.23 Å². The SMILES string of the molecule is CC=C(OC)c1ccccc1Cl. The van der Waals surface area contributed by atoms with Gasteiger partial charge in [-0.3, -0.25) is 0 Å². The van der Waals surface area contributed by atoms with Gasteiger partial charge in [-0.05, 0) is 25.1 Å². The van der Waals surface area contributed by atoms with Crippen molar-refractivity contribution in [2.75, 3.05) is 7.11 Å². The van der Waals surface area contributed by atoms with E-state index >= 15 is 0 Å². The quantitative estimate of drug-likeness (QED) is 0.638. The smallest absolute Gasteiger partial charge is 0.123 e. The largest absolute Gasteiger partial charge is 0.496 e. The fraction of sp³-hybridized carbons (Fsp3) is 0.200. The Morgan fingerprint density at radius 3 is 2.58 bits per heavy atom. The van der Waals surface area contributed by atoms with Crippen LogP contribution < -0.4 is 0 Å². The molecule has 1 aromatic rings. The highest BCUT2D eigenvalue weighted by molar-refractivity contribution is 6.32. The Morgan fingerprint density at radius 2 is 2.08 bits per heavy atom. The van der Waals surface area contributed by atoms with Gasteiger partial charge in [0, 0.05) is 5.56 Å². The first-order chi connectivity index (χ1) is 5.79. The molecule has 0 radical (unpaired) electrons. The molecule has 0 spiro atoms. The van der Waals surface area contributed by atoms with Crippen LogP contribution in [0.2, 0.25) is 5.02 Å². The summed E-state index contributed by atoms with van der Waals surface area (Å²) in [5.74, 6) is 0.806. The molecule has 0 aromatic heterocycles. The molecular formula is C10H11ClO. The van der Waals surface area contributed by atoms with Crippen LogP contribution in [0, 0.1) is 0 Å². The molecule has 0 aliphatic rings. The van der Waals surface area contributed by atoms with Crippen LogP contribution in [-0.4, -0.2) is 7.11 Å². The summed E-state index contributed by atoms with van der Waals surface area (Å²) in [6.07, 6.45) is 1.89. The number of ether oxygens (including phenoxy) is 1. The molecule has 0 aliphatic heterocycles. The maximum Gasteiger partial charge on any atom is 0.123 e. The van der Waals surface area contributed by atoms with Crippen molar-refractivity contribution in [1.29, 1.82) is 0 Å². The Balaban J connectivity index is 3.10. The van der Waals surface area contributed by atoms with Gasteiger partial charge in [0.15, 0.2) is 0 Å². The van der Waals surface area contributed by atoms with Crippen LogP contribution in [0.15, 0.2) is 30.3 Å². The first kappa shape index (κ1) is 9.14. The van der Waals surface area contributed by atoms with E-state index in [9.17, 15) is 0 Å². The Hall–Kier alpha value is -0.950. The molecule has 2 heteroatoms. The number of allylic oxidation sites excluding steroid dienone is 1. The van der Waals surface area contributed by atoms with Gasteiger partial charge in [0.25, 0.3) is 0 Å². The minimum Gasteiger partial charge on any atom is -0.496 e. The summed E-state index contributed by atoms with van der Waals surface area (Å²) in [4.78, 5) is 0. The molecule has 0 fully saturated rings. The van der Waals surface area contributed by atoms with Gasteiger partial charge in [-0.15, -0.1) is 0 Å². The summed E-state index contributed by atoms with van der Waals surface area (Å²) in [6.45, 7) is 1.92. The summed E-state index contributed by atoms with van der Waals surface area (Å²) >= 11 is 5.96. The summed E-state index contributed by atoms with van der Waals surface area (Å²) in [5.41, 5.74) is 0.934.